The van der Waals surface area contributed by atoms with Gasteiger partial charge in [0.2, 0.25) is 0 Å². The zero-order valence-corrected chi connectivity index (χ0v) is 16.3. The van der Waals surface area contributed by atoms with Crippen molar-refractivity contribution in [2.24, 2.45) is 10.8 Å². The fourth-order valence-corrected chi connectivity index (χ4v) is 2.13. The average molecular weight is 332 g/mol. The van der Waals surface area contributed by atoms with Gasteiger partial charge in [-0.15, -0.1) is 0 Å². The fraction of sp³-hybridized carbons (Fsp3) is 0.571. The molecule has 0 radical (unpaired) electrons. The molecule has 0 aromatic rings. The molecule has 0 rings (SSSR count). The highest BCUT2D eigenvalue weighted by Gasteiger charge is 2.31. The molecular weight excluding hydrogens is 300 g/mol. The van der Waals surface area contributed by atoms with Crippen LogP contribution in [0.15, 0.2) is 35.5 Å². The molecule has 24 heavy (non-hydrogen) atoms. The van der Waals surface area contributed by atoms with Gasteiger partial charge in [0.1, 0.15) is 12.1 Å². The lowest BCUT2D eigenvalue weighted by molar-refractivity contribution is -0.125. The van der Waals surface area contributed by atoms with Crippen molar-refractivity contribution in [2.45, 2.75) is 67.7 Å². The smallest absolute Gasteiger partial charge is 0.164 e. The number of Topliss-reactive ketones (excluding diaryl/α,β-unsaturated/α-hetero) is 1. The monoisotopic (exact) mass is 332 g/mol. The van der Waals surface area contributed by atoms with Gasteiger partial charge in [-0.25, -0.2) is 0 Å². The molecule has 1 atom stereocenters. The van der Waals surface area contributed by atoms with Gasteiger partial charge >= 0.3 is 0 Å². The van der Waals surface area contributed by atoms with Crippen molar-refractivity contribution >= 4 is 17.9 Å². The Morgan fingerprint density at radius 1 is 1.08 bits per heavy atom. The SMILES string of the molecule is C=C(C)C(C)(C)C(=O)C=CC(C)(CC)C(=O)CC(C)=C(C=O)CC. The Hall–Kier alpha value is -1.77. The molecule has 1 unspecified atom stereocenters. The van der Waals surface area contributed by atoms with E-state index >= 15 is 0 Å². The first-order chi connectivity index (χ1) is 11.0. The Bertz CT molecular complexity index is 576. The highest BCUT2D eigenvalue weighted by atomic mass is 16.1. The predicted molar refractivity (Wildman–Crippen MR) is 99.8 cm³/mol. The van der Waals surface area contributed by atoms with Crippen LogP contribution in [-0.2, 0) is 14.4 Å². The first-order valence-corrected chi connectivity index (χ1v) is 8.53. The number of rotatable bonds is 10. The van der Waals surface area contributed by atoms with Crippen molar-refractivity contribution in [3.8, 4) is 0 Å². The molecule has 0 aliphatic rings. The summed E-state index contributed by atoms with van der Waals surface area (Å²) in [6.07, 6.45) is 5.48. The largest absolute Gasteiger partial charge is 0.298 e. The summed E-state index contributed by atoms with van der Waals surface area (Å²) in [6.45, 7) is 16.8. The summed E-state index contributed by atoms with van der Waals surface area (Å²) in [7, 11) is 0. The van der Waals surface area contributed by atoms with E-state index in [0.29, 0.717) is 18.4 Å². The molecule has 0 amide bonds. The van der Waals surface area contributed by atoms with Gasteiger partial charge in [0.25, 0.3) is 0 Å². The first kappa shape index (κ1) is 22.2. The lowest BCUT2D eigenvalue weighted by Gasteiger charge is -2.25. The zero-order chi connectivity index (χ0) is 19.1. The van der Waals surface area contributed by atoms with Gasteiger partial charge in [-0.3, -0.25) is 14.4 Å². The lowest BCUT2D eigenvalue weighted by Crippen LogP contribution is -2.27. The highest BCUT2D eigenvalue weighted by molar-refractivity contribution is 5.98. The number of allylic oxidation sites excluding steroid dienone is 5. The van der Waals surface area contributed by atoms with Crippen molar-refractivity contribution in [3.05, 3.63) is 35.5 Å². The maximum atomic E-state index is 12.7. The van der Waals surface area contributed by atoms with Crippen LogP contribution in [0.5, 0.6) is 0 Å². The van der Waals surface area contributed by atoms with Gasteiger partial charge in [0.15, 0.2) is 5.78 Å². The van der Waals surface area contributed by atoms with E-state index in [0.717, 1.165) is 17.4 Å². The van der Waals surface area contributed by atoms with Crippen LogP contribution in [0.4, 0.5) is 0 Å². The van der Waals surface area contributed by atoms with Gasteiger partial charge in [-0.05, 0) is 59.1 Å². The van der Waals surface area contributed by atoms with E-state index in [-0.39, 0.29) is 18.0 Å². The lowest BCUT2D eigenvalue weighted by atomic mass is 9.77. The van der Waals surface area contributed by atoms with Gasteiger partial charge in [-0.2, -0.15) is 0 Å². The normalized spacial score (nSPS) is 15.6. The third-order valence-electron chi connectivity index (χ3n) is 5.15. The second-order valence-corrected chi connectivity index (χ2v) is 7.25. The van der Waals surface area contributed by atoms with Crippen LogP contribution in [0.25, 0.3) is 0 Å². The second kappa shape index (κ2) is 8.91. The summed E-state index contributed by atoms with van der Waals surface area (Å²) >= 11 is 0. The number of carbonyl (C=O) groups is 3. The van der Waals surface area contributed by atoms with Crippen LogP contribution in [0.2, 0.25) is 0 Å². The van der Waals surface area contributed by atoms with Crippen molar-refractivity contribution in [1.82, 2.24) is 0 Å². The molecule has 3 heteroatoms. The average Bonchev–Trinajstić information content (AvgIpc) is 2.52. The molecule has 0 fully saturated rings. The molecule has 0 N–H and O–H groups in total. The van der Waals surface area contributed by atoms with E-state index in [4.69, 9.17) is 0 Å². The van der Waals surface area contributed by atoms with Crippen LogP contribution in [0, 0.1) is 10.8 Å². The fourth-order valence-electron chi connectivity index (χ4n) is 2.13. The quantitative estimate of drug-likeness (QED) is 0.321. The summed E-state index contributed by atoms with van der Waals surface area (Å²) in [5.41, 5.74) is 0.907. The van der Waals surface area contributed by atoms with E-state index in [1.807, 2.05) is 48.5 Å². The number of hydrogen-bond donors (Lipinski definition) is 0. The topological polar surface area (TPSA) is 51.2 Å². The number of ketones is 2. The summed E-state index contributed by atoms with van der Waals surface area (Å²) < 4.78 is 0. The van der Waals surface area contributed by atoms with Crippen LogP contribution in [0.1, 0.15) is 67.7 Å². The molecule has 0 aromatic heterocycles. The highest BCUT2D eigenvalue weighted by Crippen LogP contribution is 2.31. The molecule has 0 bridgehead atoms. The van der Waals surface area contributed by atoms with Crippen LogP contribution in [-0.4, -0.2) is 17.9 Å². The molecule has 3 nitrogen and oxygen atoms in total. The Kier molecular flexibility index (Phi) is 8.25. The summed E-state index contributed by atoms with van der Waals surface area (Å²) in [6, 6.07) is 0. The van der Waals surface area contributed by atoms with Crippen molar-refractivity contribution in [1.29, 1.82) is 0 Å². The van der Waals surface area contributed by atoms with E-state index in [9.17, 15) is 14.4 Å². The maximum Gasteiger partial charge on any atom is 0.164 e. The molecule has 0 aliphatic carbocycles. The number of hydrogen-bond acceptors (Lipinski definition) is 3. The van der Waals surface area contributed by atoms with E-state index in [1.54, 1.807) is 6.08 Å². The number of aldehydes is 1. The van der Waals surface area contributed by atoms with E-state index in [1.165, 1.54) is 6.08 Å². The second-order valence-electron chi connectivity index (χ2n) is 7.25. The van der Waals surface area contributed by atoms with E-state index < -0.39 is 10.8 Å². The summed E-state index contributed by atoms with van der Waals surface area (Å²) in [4.78, 5) is 36.1. The molecule has 134 valence electrons. The van der Waals surface area contributed by atoms with Gasteiger partial charge in [0, 0.05) is 17.3 Å². The molecule has 0 aliphatic heterocycles. The van der Waals surface area contributed by atoms with Crippen LogP contribution >= 0.6 is 0 Å². The third kappa shape index (κ3) is 5.40. The third-order valence-corrected chi connectivity index (χ3v) is 5.15. The Labute approximate surface area is 146 Å². The zero-order valence-electron chi connectivity index (χ0n) is 16.3. The minimum atomic E-state index is -0.718. The van der Waals surface area contributed by atoms with Gasteiger partial charge < -0.3 is 0 Å². The Balaban J connectivity index is 5.42. The van der Waals surface area contributed by atoms with Crippen LogP contribution < -0.4 is 0 Å². The van der Waals surface area contributed by atoms with Crippen molar-refractivity contribution < 1.29 is 14.4 Å². The van der Waals surface area contributed by atoms with Crippen molar-refractivity contribution in [3.63, 3.8) is 0 Å². The first-order valence-electron chi connectivity index (χ1n) is 8.53. The molecule has 0 aromatic carbocycles. The van der Waals surface area contributed by atoms with Crippen molar-refractivity contribution in [2.75, 3.05) is 0 Å². The van der Waals surface area contributed by atoms with Gasteiger partial charge in [-0.1, -0.05) is 37.6 Å². The summed E-state index contributed by atoms with van der Waals surface area (Å²) in [5, 5.41) is 0. The minimum Gasteiger partial charge on any atom is -0.298 e. The molecule has 0 saturated carbocycles. The molecule has 0 spiro atoms. The predicted octanol–water partition coefficient (Wildman–Crippen LogP) is 5.01. The number of carbonyl (C=O) groups excluding carboxylic acids is 3. The van der Waals surface area contributed by atoms with E-state index in [2.05, 4.69) is 6.58 Å². The standard InChI is InChI=1S/C21H32O3/c1-9-17(14-22)16(5)13-19(24)21(8,10-2)12-11-18(23)20(6,7)15(3)4/h11-12,14H,3,9-10,13H2,1-2,4-8H3. The Morgan fingerprint density at radius 3 is 2.00 bits per heavy atom. The molecule has 0 heterocycles. The minimum absolute atomic E-state index is 0.0208. The van der Waals surface area contributed by atoms with Gasteiger partial charge in [0.05, 0.1) is 0 Å². The Morgan fingerprint density at radius 2 is 1.62 bits per heavy atom. The molecule has 0 saturated heterocycles. The van der Waals surface area contributed by atoms with Crippen LogP contribution in [0.3, 0.4) is 0 Å². The molecular formula is C21H32O3. The maximum absolute atomic E-state index is 12.7. The summed E-state index contributed by atoms with van der Waals surface area (Å²) in [5.74, 6) is -0.0376.